The zero-order valence-corrected chi connectivity index (χ0v) is 13.0. The molecule has 7 heteroatoms. The van der Waals surface area contributed by atoms with E-state index in [2.05, 4.69) is 45.8 Å². The van der Waals surface area contributed by atoms with Crippen molar-refractivity contribution in [1.82, 2.24) is 15.3 Å². The molecule has 2 aromatic rings. The van der Waals surface area contributed by atoms with E-state index in [1.165, 1.54) is 4.88 Å². The first-order chi connectivity index (χ1) is 10.2. The first-order valence-corrected chi connectivity index (χ1v) is 8.02. The Morgan fingerprint density at radius 3 is 3.05 bits per heavy atom. The van der Waals surface area contributed by atoms with Crippen molar-refractivity contribution in [2.45, 2.75) is 32.7 Å². The van der Waals surface area contributed by atoms with Crippen LogP contribution in [0.5, 0.6) is 0 Å². The monoisotopic (exact) mass is 305 g/mol. The fraction of sp³-hybridized carbons (Fsp3) is 0.500. The molecule has 0 aliphatic carbocycles. The molecule has 112 valence electrons. The standard InChI is InChI=1S/C14H19N5OS/c1-3-4-15-14-18-12(17-9-6-11(20)16-7-9)10-5-8(2)21-13(10)19-14/h5,9H,3-4,6-7H2,1-2H3,(H,16,20)(H2,15,17,18,19). The molecule has 1 amide bonds. The van der Waals surface area contributed by atoms with Gasteiger partial charge in [0, 0.05) is 24.4 Å². The van der Waals surface area contributed by atoms with Gasteiger partial charge in [-0.05, 0) is 19.4 Å². The van der Waals surface area contributed by atoms with Gasteiger partial charge in [-0.2, -0.15) is 4.98 Å². The number of rotatable bonds is 5. The van der Waals surface area contributed by atoms with Gasteiger partial charge in [0.15, 0.2) is 0 Å². The van der Waals surface area contributed by atoms with Crippen LogP contribution in [0.4, 0.5) is 11.8 Å². The molecule has 3 rings (SSSR count). The van der Waals surface area contributed by atoms with Gasteiger partial charge < -0.3 is 16.0 Å². The molecule has 0 radical (unpaired) electrons. The molecule has 0 spiro atoms. The molecule has 1 unspecified atom stereocenters. The number of carbonyl (C=O) groups is 1. The number of hydrogen-bond donors (Lipinski definition) is 3. The minimum Gasteiger partial charge on any atom is -0.364 e. The van der Waals surface area contributed by atoms with Crippen molar-refractivity contribution in [2.75, 3.05) is 23.7 Å². The van der Waals surface area contributed by atoms with Crippen LogP contribution in [0.3, 0.4) is 0 Å². The Kier molecular flexibility index (Phi) is 3.92. The number of anilines is 2. The van der Waals surface area contributed by atoms with Crippen molar-refractivity contribution in [1.29, 1.82) is 0 Å². The summed E-state index contributed by atoms with van der Waals surface area (Å²) in [7, 11) is 0. The van der Waals surface area contributed by atoms with Gasteiger partial charge >= 0.3 is 0 Å². The van der Waals surface area contributed by atoms with E-state index in [1.54, 1.807) is 11.3 Å². The van der Waals surface area contributed by atoms with Gasteiger partial charge in [-0.15, -0.1) is 11.3 Å². The summed E-state index contributed by atoms with van der Waals surface area (Å²) in [5.41, 5.74) is 0. The van der Waals surface area contributed by atoms with Gasteiger partial charge in [0.1, 0.15) is 10.6 Å². The lowest BCUT2D eigenvalue weighted by atomic mass is 10.2. The third-order valence-electron chi connectivity index (χ3n) is 3.37. The molecular weight excluding hydrogens is 286 g/mol. The third kappa shape index (κ3) is 3.07. The molecule has 3 heterocycles. The third-order valence-corrected chi connectivity index (χ3v) is 4.31. The molecule has 3 N–H and O–H groups in total. The minimum atomic E-state index is 0.0867. The molecule has 2 aromatic heterocycles. The highest BCUT2D eigenvalue weighted by Crippen LogP contribution is 2.30. The van der Waals surface area contributed by atoms with Crippen molar-refractivity contribution in [3.05, 3.63) is 10.9 Å². The smallest absolute Gasteiger partial charge is 0.226 e. The van der Waals surface area contributed by atoms with Gasteiger partial charge in [-0.1, -0.05) is 6.92 Å². The number of carbonyl (C=O) groups excluding carboxylic acids is 1. The van der Waals surface area contributed by atoms with Crippen LogP contribution in [-0.2, 0) is 4.79 Å². The van der Waals surface area contributed by atoms with E-state index in [1.807, 2.05) is 0 Å². The average molecular weight is 305 g/mol. The molecule has 1 atom stereocenters. The molecule has 0 saturated carbocycles. The Hall–Kier alpha value is -1.89. The molecular formula is C14H19N5OS. The average Bonchev–Trinajstić information content (AvgIpc) is 3.01. The van der Waals surface area contributed by atoms with Crippen LogP contribution < -0.4 is 16.0 Å². The summed E-state index contributed by atoms with van der Waals surface area (Å²) in [5.74, 6) is 1.54. The Balaban J connectivity index is 1.91. The normalized spacial score (nSPS) is 18.0. The highest BCUT2D eigenvalue weighted by atomic mass is 32.1. The predicted octanol–water partition coefficient (Wildman–Crippen LogP) is 2.12. The van der Waals surface area contributed by atoms with E-state index in [9.17, 15) is 4.79 Å². The summed E-state index contributed by atoms with van der Waals surface area (Å²) in [5, 5.41) is 10.5. The fourth-order valence-corrected chi connectivity index (χ4v) is 3.25. The maximum Gasteiger partial charge on any atom is 0.226 e. The van der Waals surface area contributed by atoms with Crippen LogP contribution in [0, 0.1) is 6.92 Å². The van der Waals surface area contributed by atoms with Gasteiger partial charge in [0.2, 0.25) is 11.9 Å². The maximum absolute atomic E-state index is 11.3. The number of hydrogen-bond acceptors (Lipinski definition) is 6. The molecule has 6 nitrogen and oxygen atoms in total. The first-order valence-electron chi connectivity index (χ1n) is 7.21. The Morgan fingerprint density at radius 2 is 2.33 bits per heavy atom. The largest absolute Gasteiger partial charge is 0.364 e. The summed E-state index contributed by atoms with van der Waals surface area (Å²) in [6, 6.07) is 2.19. The lowest BCUT2D eigenvalue weighted by Crippen LogP contribution is -2.23. The van der Waals surface area contributed by atoms with Gasteiger partial charge in [-0.25, -0.2) is 4.98 Å². The topological polar surface area (TPSA) is 78.9 Å². The van der Waals surface area contributed by atoms with Crippen molar-refractivity contribution >= 4 is 39.2 Å². The van der Waals surface area contributed by atoms with E-state index in [4.69, 9.17) is 0 Å². The summed E-state index contributed by atoms with van der Waals surface area (Å²) >= 11 is 1.66. The van der Waals surface area contributed by atoms with Crippen molar-refractivity contribution in [3.8, 4) is 0 Å². The number of aryl methyl sites for hydroxylation is 1. The van der Waals surface area contributed by atoms with Crippen LogP contribution in [-0.4, -0.2) is 35.0 Å². The van der Waals surface area contributed by atoms with Crippen LogP contribution >= 0.6 is 11.3 Å². The zero-order valence-electron chi connectivity index (χ0n) is 12.2. The lowest BCUT2D eigenvalue weighted by molar-refractivity contribution is -0.119. The number of fused-ring (bicyclic) bond motifs is 1. The molecule has 21 heavy (non-hydrogen) atoms. The van der Waals surface area contributed by atoms with E-state index in [0.29, 0.717) is 18.9 Å². The number of amides is 1. The van der Waals surface area contributed by atoms with Crippen molar-refractivity contribution < 1.29 is 4.79 Å². The first kappa shape index (κ1) is 14.1. The summed E-state index contributed by atoms with van der Waals surface area (Å²) in [4.78, 5) is 22.6. The number of nitrogens with zero attached hydrogens (tertiary/aromatic N) is 2. The van der Waals surface area contributed by atoms with E-state index in [0.717, 1.165) is 29.0 Å². The molecule has 1 saturated heterocycles. The second kappa shape index (κ2) is 5.85. The SMILES string of the molecule is CCCNc1nc(NC2CNC(=O)C2)c2cc(C)sc2n1. The summed E-state index contributed by atoms with van der Waals surface area (Å²) in [6.45, 7) is 5.66. The van der Waals surface area contributed by atoms with Gasteiger partial charge in [0.05, 0.1) is 11.4 Å². The number of nitrogens with one attached hydrogen (secondary N) is 3. The summed E-state index contributed by atoms with van der Waals surface area (Å²) in [6.07, 6.45) is 1.51. The Bertz CT molecular complexity index is 669. The highest BCUT2D eigenvalue weighted by Gasteiger charge is 2.23. The predicted molar refractivity (Wildman–Crippen MR) is 86.0 cm³/mol. The summed E-state index contributed by atoms with van der Waals surface area (Å²) < 4.78 is 0. The Labute approximate surface area is 127 Å². The van der Waals surface area contributed by atoms with Gasteiger partial charge in [-0.3, -0.25) is 4.79 Å². The second-order valence-corrected chi connectivity index (χ2v) is 6.48. The van der Waals surface area contributed by atoms with E-state index < -0.39 is 0 Å². The van der Waals surface area contributed by atoms with E-state index >= 15 is 0 Å². The van der Waals surface area contributed by atoms with Crippen LogP contribution in [0.25, 0.3) is 10.2 Å². The molecule has 1 aliphatic heterocycles. The molecule has 1 fully saturated rings. The van der Waals surface area contributed by atoms with Crippen LogP contribution in [0.15, 0.2) is 6.07 Å². The number of thiophene rings is 1. The van der Waals surface area contributed by atoms with Gasteiger partial charge in [0.25, 0.3) is 0 Å². The Morgan fingerprint density at radius 1 is 1.48 bits per heavy atom. The molecule has 0 bridgehead atoms. The highest BCUT2D eigenvalue weighted by molar-refractivity contribution is 7.18. The van der Waals surface area contributed by atoms with Crippen molar-refractivity contribution in [2.24, 2.45) is 0 Å². The molecule has 0 aromatic carbocycles. The van der Waals surface area contributed by atoms with Crippen molar-refractivity contribution in [3.63, 3.8) is 0 Å². The van der Waals surface area contributed by atoms with Crippen LogP contribution in [0.1, 0.15) is 24.6 Å². The second-order valence-electron chi connectivity index (χ2n) is 5.25. The number of aromatic nitrogens is 2. The quantitative estimate of drug-likeness (QED) is 0.788. The molecule has 1 aliphatic rings. The lowest BCUT2D eigenvalue weighted by Gasteiger charge is -2.13. The van der Waals surface area contributed by atoms with Crippen LogP contribution in [0.2, 0.25) is 0 Å². The van der Waals surface area contributed by atoms with E-state index in [-0.39, 0.29) is 11.9 Å². The zero-order chi connectivity index (χ0) is 14.8. The fourth-order valence-electron chi connectivity index (χ4n) is 2.37. The maximum atomic E-state index is 11.3. The minimum absolute atomic E-state index is 0.0867.